The van der Waals surface area contributed by atoms with Gasteiger partial charge >= 0.3 is 5.97 Å². The number of esters is 1. The lowest BCUT2D eigenvalue weighted by molar-refractivity contribution is -0.131. The Balaban J connectivity index is 1.46. The number of nitrogens with zero attached hydrogens (tertiary/aromatic N) is 1. The monoisotopic (exact) mass is 521 g/mol. The summed E-state index contributed by atoms with van der Waals surface area (Å²) in [5.74, 6) is 0.138. The molecule has 0 radical (unpaired) electrons. The highest BCUT2D eigenvalue weighted by Gasteiger charge is 2.76. The van der Waals surface area contributed by atoms with Crippen LogP contribution in [0.4, 0.5) is 0 Å². The first-order chi connectivity index (χ1) is 17.8. The van der Waals surface area contributed by atoms with Gasteiger partial charge < -0.3 is 15.0 Å². The van der Waals surface area contributed by atoms with Gasteiger partial charge in [-0.05, 0) is 75.5 Å². The summed E-state index contributed by atoms with van der Waals surface area (Å²) in [6.45, 7) is 17.5. The molecule has 3 N–H and O–H groups in total. The van der Waals surface area contributed by atoms with Crippen molar-refractivity contribution in [1.29, 1.82) is 0 Å². The Morgan fingerprint density at radius 3 is 2.53 bits per heavy atom. The molecule has 208 valence electrons. The van der Waals surface area contributed by atoms with Crippen molar-refractivity contribution in [2.24, 2.45) is 28.4 Å². The number of aryl methyl sites for hydroxylation is 1. The summed E-state index contributed by atoms with van der Waals surface area (Å²) in [6.07, 6.45) is 9.06. The molecular formula is C32H47N3O3. The van der Waals surface area contributed by atoms with Gasteiger partial charge in [-0.15, -0.1) is 0 Å². The maximum atomic E-state index is 14.4. The first-order valence-corrected chi connectivity index (χ1v) is 14.6. The number of hydrogen-bond acceptors (Lipinski definition) is 5. The number of nitrogens with one attached hydrogen (secondary N) is 1. The molecular weight excluding hydrogens is 474 g/mol. The summed E-state index contributed by atoms with van der Waals surface area (Å²) < 4.78 is 8.61. The lowest BCUT2D eigenvalue weighted by Gasteiger charge is -2.36. The van der Waals surface area contributed by atoms with E-state index < -0.39 is 17.1 Å². The molecule has 0 aromatic carbocycles. The minimum atomic E-state index is -0.773. The Kier molecular flexibility index (Phi) is 6.63. The van der Waals surface area contributed by atoms with E-state index in [-0.39, 0.29) is 29.1 Å². The van der Waals surface area contributed by atoms with Gasteiger partial charge in [0.05, 0.1) is 22.6 Å². The SMILES string of the molecule is CCCC(CC1C=C(CN)C2NC23C(OC(=O)c2cc(C)n(C4CC4)c2C)C(C)=CC3(C)C1=O)C(C)(C)C. The van der Waals surface area contributed by atoms with Gasteiger partial charge in [0.1, 0.15) is 6.10 Å². The van der Waals surface area contributed by atoms with Gasteiger partial charge in [-0.1, -0.05) is 52.7 Å². The van der Waals surface area contributed by atoms with E-state index in [1.165, 1.54) is 0 Å². The average Bonchev–Trinajstić information content (AvgIpc) is 3.75. The van der Waals surface area contributed by atoms with Crippen molar-refractivity contribution < 1.29 is 14.3 Å². The lowest BCUT2D eigenvalue weighted by atomic mass is 9.67. The van der Waals surface area contributed by atoms with Crippen LogP contribution in [0.15, 0.2) is 29.4 Å². The van der Waals surface area contributed by atoms with Gasteiger partial charge in [0.2, 0.25) is 0 Å². The van der Waals surface area contributed by atoms with Crippen molar-refractivity contribution in [3.05, 3.63) is 46.3 Å². The fourth-order valence-corrected chi connectivity index (χ4v) is 7.79. The molecule has 6 atom stereocenters. The molecule has 3 aliphatic carbocycles. The third kappa shape index (κ3) is 4.05. The summed E-state index contributed by atoms with van der Waals surface area (Å²) in [4.78, 5) is 28.0. The second-order valence-corrected chi connectivity index (χ2v) is 13.7. The van der Waals surface area contributed by atoms with E-state index in [1.54, 1.807) is 0 Å². The van der Waals surface area contributed by atoms with Crippen molar-refractivity contribution in [3.63, 3.8) is 0 Å². The highest BCUT2D eigenvalue weighted by Crippen LogP contribution is 2.60. The lowest BCUT2D eigenvalue weighted by Crippen LogP contribution is -2.50. The Morgan fingerprint density at radius 1 is 1.26 bits per heavy atom. The van der Waals surface area contributed by atoms with E-state index in [0.717, 1.165) is 54.6 Å². The molecule has 2 heterocycles. The van der Waals surface area contributed by atoms with E-state index in [9.17, 15) is 9.59 Å². The topological polar surface area (TPSA) is 96.3 Å². The molecule has 1 aromatic rings. The summed E-state index contributed by atoms with van der Waals surface area (Å²) in [5.41, 5.74) is 9.67. The van der Waals surface area contributed by atoms with Gasteiger partial charge in [-0.2, -0.15) is 0 Å². The minimum Gasteiger partial charge on any atom is -0.452 e. The van der Waals surface area contributed by atoms with Crippen LogP contribution in [0.25, 0.3) is 0 Å². The number of aromatic nitrogens is 1. The number of ether oxygens (including phenoxy) is 1. The van der Waals surface area contributed by atoms with E-state index >= 15 is 0 Å². The Hall–Kier alpha value is -2.18. The molecule has 1 spiro atoms. The Bertz CT molecular complexity index is 1210. The van der Waals surface area contributed by atoms with Crippen molar-refractivity contribution in [2.45, 2.75) is 111 Å². The third-order valence-electron chi connectivity index (χ3n) is 10.1. The van der Waals surface area contributed by atoms with Gasteiger partial charge in [0, 0.05) is 29.9 Å². The van der Waals surface area contributed by atoms with Crippen LogP contribution in [0.5, 0.6) is 0 Å². The molecule has 1 saturated carbocycles. The van der Waals surface area contributed by atoms with Gasteiger partial charge in [-0.25, -0.2) is 4.79 Å². The number of ketones is 1. The summed E-state index contributed by atoms with van der Waals surface area (Å²) in [5, 5.41) is 3.64. The van der Waals surface area contributed by atoms with Crippen LogP contribution in [0.3, 0.4) is 0 Å². The molecule has 6 unspecified atom stereocenters. The molecule has 38 heavy (non-hydrogen) atoms. The molecule has 1 saturated heterocycles. The standard InChI is InChI=1S/C32H47N3O3/c1-9-10-23(30(5,6)7)15-21-14-22(17-33)26-32(34-26)28(18(2)16-31(32,8)27(21)36)38-29(37)25-13-19(3)35(20(25)4)24-11-12-24/h13-14,16,21,23-24,26,28,34H,9-12,15,17,33H2,1-8H3. The first-order valence-electron chi connectivity index (χ1n) is 14.6. The van der Waals surface area contributed by atoms with Crippen LogP contribution in [-0.4, -0.2) is 40.5 Å². The molecule has 6 heteroatoms. The molecule has 1 aliphatic heterocycles. The van der Waals surface area contributed by atoms with Gasteiger partial charge in [-0.3, -0.25) is 10.1 Å². The van der Waals surface area contributed by atoms with Crippen molar-refractivity contribution in [2.75, 3.05) is 6.54 Å². The van der Waals surface area contributed by atoms with Gasteiger partial charge in [0.25, 0.3) is 0 Å². The number of rotatable bonds is 8. The quantitative estimate of drug-likeness (QED) is 0.265. The molecule has 0 amide bonds. The molecule has 0 bridgehead atoms. The maximum absolute atomic E-state index is 14.4. The number of nitrogens with two attached hydrogens (primary N) is 1. The fourth-order valence-electron chi connectivity index (χ4n) is 7.79. The van der Waals surface area contributed by atoms with Crippen LogP contribution in [0.2, 0.25) is 0 Å². The van der Waals surface area contributed by atoms with E-state index in [0.29, 0.717) is 24.1 Å². The second-order valence-electron chi connectivity index (χ2n) is 13.7. The number of Topliss-reactive ketones (excluding diaryl/α,β-unsaturated/α-hetero) is 1. The third-order valence-corrected chi connectivity index (χ3v) is 10.1. The fraction of sp³-hybridized carbons (Fsp3) is 0.688. The van der Waals surface area contributed by atoms with Crippen LogP contribution < -0.4 is 11.1 Å². The predicted molar refractivity (Wildman–Crippen MR) is 151 cm³/mol. The summed E-state index contributed by atoms with van der Waals surface area (Å²) in [7, 11) is 0. The second kappa shape index (κ2) is 9.19. The van der Waals surface area contributed by atoms with Crippen molar-refractivity contribution in [3.8, 4) is 0 Å². The van der Waals surface area contributed by atoms with Crippen LogP contribution in [-0.2, 0) is 9.53 Å². The molecule has 2 fully saturated rings. The smallest absolute Gasteiger partial charge is 0.340 e. The number of hydrogen-bond donors (Lipinski definition) is 2. The normalized spacial score (nSPS) is 33.2. The Labute approximate surface area is 228 Å². The van der Waals surface area contributed by atoms with Crippen LogP contribution >= 0.6 is 0 Å². The maximum Gasteiger partial charge on any atom is 0.340 e. The highest BCUT2D eigenvalue weighted by atomic mass is 16.5. The highest BCUT2D eigenvalue weighted by molar-refractivity contribution is 5.96. The number of allylic oxidation sites excluding steroid dienone is 1. The van der Waals surface area contributed by atoms with E-state index in [1.807, 2.05) is 26.8 Å². The molecule has 4 aliphatic rings. The van der Waals surface area contributed by atoms with Crippen molar-refractivity contribution in [1.82, 2.24) is 9.88 Å². The van der Waals surface area contributed by atoms with E-state index in [4.69, 9.17) is 10.5 Å². The molecule has 5 rings (SSSR count). The first kappa shape index (κ1) is 27.4. The minimum absolute atomic E-state index is 0.0730. The zero-order chi connectivity index (χ0) is 27.8. The van der Waals surface area contributed by atoms with E-state index in [2.05, 4.69) is 56.7 Å². The van der Waals surface area contributed by atoms with Crippen LogP contribution in [0, 0.1) is 36.5 Å². The summed E-state index contributed by atoms with van der Waals surface area (Å²) >= 11 is 0. The average molecular weight is 522 g/mol. The zero-order valence-electron chi connectivity index (χ0n) is 24.6. The molecule has 1 aromatic heterocycles. The molecule has 6 nitrogen and oxygen atoms in total. The van der Waals surface area contributed by atoms with Crippen LogP contribution in [0.1, 0.15) is 101 Å². The predicted octanol–water partition coefficient (Wildman–Crippen LogP) is 5.58. The van der Waals surface area contributed by atoms with Gasteiger partial charge in [0.15, 0.2) is 5.78 Å². The largest absolute Gasteiger partial charge is 0.452 e. The number of carbonyl (C=O) groups excluding carboxylic acids is 2. The zero-order valence-corrected chi connectivity index (χ0v) is 24.6. The summed E-state index contributed by atoms with van der Waals surface area (Å²) in [6, 6.07) is 2.38. The van der Waals surface area contributed by atoms with Crippen molar-refractivity contribution >= 4 is 11.8 Å². The Morgan fingerprint density at radius 2 is 1.95 bits per heavy atom. The number of carbonyl (C=O) groups is 2.